The van der Waals surface area contributed by atoms with Gasteiger partial charge in [0.2, 0.25) is 0 Å². The van der Waals surface area contributed by atoms with Gasteiger partial charge in [-0.05, 0) is 30.6 Å². The first-order chi connectivity index (χ1) is 6.50. The van der Waals surface area contributed by atoms with Crippen molar-refractivity contribution in [3.8, 4) is 0 Å². The molecule has 3 fully saturated rings. The van der Waals surface area contributed by atoms with E-state index in [9.17, 15) is 4.79 Å². The largest absolute Gasteiger partial charge is 0.443 e. The maximum atomic E-state index is 11.4. The molecule has 1 amide bonds. The predicted octanol–water partition coefficient (Wildman–Crippen LogP) is 1.26. The van der Waals surface area contributed by atoms with Gasteiger partial charge in [-0.15, -0.1) is 0 Å². The summed E-state index contributed by atoms with van der Waals surface area (Å²) in [6.45, 7) is 4.43. The van der Waals surface area contributed by atoms with Gasteiger partial charge in [-0.2, -0.15) is 0 Å². The Balaban J connectivity index is 2.13. The number of carbonyl (C=O) groups excluding carboxylic acids is 1. The van der Waals surface area contributed by atoms with Crippen LogP contribution in [0.4, 0.5) is 4.79 Å². The highest BCUT2D eigenvalue weighted by molar-refractivity contribution is 5.72. The molecule has 0 unspecified atom stereocenters. The molecule has 2 N–H and O–H groups in total. The summed E-state index contributed by atoms with van der Waals surface area (Å²) >= 11 is 0. The molecule has 1 aliphatic heterocycles. The van der Waals surface area contributed by atoms with Crippen molar-refractivity contribution in [2.45, 2.75) is 44.8 Å². The molecule has 0 aromatic rings. The Morgan fingerprint density at radius 1 is 1.57 bits per heavy atom. The van der Waals surface area contributed by atoms with Crippen LogP contribution in [0.15, 0.2) is 0 Å². The van der Waals surface area contributed by atoms with E-state index in [0.29, 0.717) is 5.92 Å². The highest BCUT2D eigenvalue weighted by atomic mass is 16.6. The second kappa shape index (κ2) is 2.08. The van der Waals surface area contributed by atoms with Gasteiger partial charge in [0, 0.05) is 0 Å². The minimum Gasteiger partial charge on any atom is -0.443 e. The molecule has 3 rings (SSSR count). The fourth-order valence-corrected chi connectivity index (χ4v) is 3.95. The number of hydrazine groups is 1. The van der Waals surface area contributed by atoms with Crippen LogP contribution in [0.3, 0.4) is 0 Å². The fourth-order valence-electron chi connectivity index (χ4n) is 3.95. The molecular weight excluding hydrogens is 180 g/mol. The average Bonchev–Trinajstić information content (AvgIpc) is 2.60. The highest BCUT2D eigenvalue weighted by Gasteiger charge is 2.72. The zero-order valence-corrected chi connectivity index (χ0v) is 8.62. The van der Waals surface area contributed by atoms with Crippen LogP contribution >= 0.6 is 0 Å². The van der Waals surface area contributed by atoms with Crippen molar-refractivity contribution in [1.82, 2.24) is 5.01 Å². The predicted molar refractivity (Wildman–Crippen MR) is 50.1 cm³/mol. The van der Waals surface area contributed by atoms with E-state index in [0.717, 1.165) is 12.8 Å². The first kappa shape index (κ1) is 8.53. The molecule has 3 atom stereocenters. The topological polar surface area (TPSA) is 55.6 Å². The lowest BCUT2D eigenvalue weighted by molar-refractivity contribution is 0.0554. The molecule has 3 aliphatic rings. The van der Waals surface area contributed by atoms with Gasteiger partial charge >= 0.3 is 6.09 Å². The quantitative estimate of drug-likeness (QED) is 0.468. The van der Waals surface area contributed by atoms with E-state index < -0.39 is 0 Å². The lowest BCUT2D eigenvalue weighted by Crippen LogP contribution is -2.58. The van der Waals surface area contributed by atoms with Crippen molar-refractivity contribution >= 4 is 6.09 Å². The Hall–Kier alpha value is -0.770. The van der Waals surface area contributed by atoms with E-state index in [1.807, 2.05) is 0 Å². The van der Waals surface area contributed by atoms with E-state index in [4.69, 9.17) is 10.6 Å². The fraction of sp³-hybridized carbons (Fsp3) is 0.900. The number of amides is 1. The molecule has 4 heteroatoms. The molecule has 14 heavy (non-hydrogen) atoms. The van der Waals surface area contributed by atoms with Gasteiger partial charge in [0.25, 0.3) is 0 Å². The Kier molecular flexibility index (Phi) is 1.27. The first-order valence-corrected chi connectivity index (χ1v) is 5.26. The molecule has 0 aromatic carbocycles. The van der Waals surface area contributed by atoms with Crippen LogP contribution in [0.25, 0.3) is 0 Å². The summed E-state index contributed by atoms with van der Waals surface area (Å²) in [4.78, 5) is 11.4. The van der Waals surface area contributed by atoms with E-state index >= 15 is 0 Å². The van der Waals surface area contributed by atoms with E-state index in [1.54, 1.807) is 0 Å². The second-order valence-electron chi connectivity index (χ2n) is 5.36. The van der Waals surface area contributed by atoms with Gasteiger partial charge < -0.3 is 4.74 Å². The Morgan fingerprint density at radius 2 is 2.29 bits per heavy atom. The lowest BCUT2D eigenvalue weighted by Gasteiger charge is -2.39. The van der Waals surface area contributed by atoms with Gasteiger partial charge in [-0.3, -0.25) is 0 Å². The molecule has 4 nitrogen and oxygen atoms in total. The van der Waals surface area contributed by atoms with Crippen molar-refractivity contribution in [3.63, 3.8) is 0 Å². The van der Waals surface area contributed by atoms with E-state index in [1.165, 1.54) is 11.4 Å². The van der Waals surface area contributed by atoms with Crippen molar-refractivity contribution < 1.29 is 9.53 Å². The van der Waals surface area contributed by atoms with Crippen LogP contribution in [0.1, 0.15) is 33.1 Å². The summed E-state index contributed by atoms with van der Waals surface area (Å²) in [6.07, 6.45) is 2.86. The molecule has 78 valence electrons. The zero-order valence-electron chi connectivity index (χ0n) is 8.62. The van der Waals surface area contributed by atoms with Crippen molar-refractivity contribution in [2.75, 3.05) is 0 Å². The third-order valence-electron chi connectivity index (χ3n) is 4.91. The first-order valence-electron chi connectivity index (χ1n) is 5.26. The summed E-state index contributed by atoms with van der Waals surface area (Å²) in [5.41, 5.74) is -0.104. The molecule has 2 aliphatic carbocycles. The molecule has 1 saturated heterocycles. The number of fused-ring (bicyclic) bond motifs is 1. The highest BCUT2D eigenvalue weighted by Crippen LogP contribution is 2.64. The number of ether oxygens (including phenoxy) is 1. The molecule has 1 heterocycles. The van der Waals surface area contributed by atoms with Crippen molar-refractivity contribution in [1.29, 1.82) is 0 Å². The van der Waals surface area contributed by atoms with Gasteiger partial charge in [0.1, 0.15) is 11.6 Å². The van der Waals surface area contributed by atoms with Gasteiger partial charge in [0.15, 0.2) is 0 Å². The Morgan fingerprint density at radius 3 is 2.86 bits per heavy atom. The maximum Gasteiger partial charge on any atom is 0.425 e. The number of rotatable bonds is 0. The third kappa shape index (κ3) is 0.601. The van der Waals surface area contributed by atoms with E-state index in [-0.39, 0.29) is 23.2 Å². The molecule has 0 radical (unpaired) electrons. The van der Waals surface area contributed by atoms with Crippen LogP contribution in [0.2, 0.25) is 0 Å². The summed E-state index contributed by atoms with van der Waals surface area (Å²) < 4.78 is 5.32. The summed E-state index contributed by atoms with van der Waals surface area (Å²) in [5, 5.41) is 1.37. The van der Waals surface area contributed by atoms with Crippen LogP contribution < -0.4 is 5.84 Å². The van der Waals surface area contributed by atoms with Gasteiger partial charge in [-0.1, -0.05) is 13.8 Å². The van der Waals surface area contributed by atoms with Crippen LogP contribution in [-0.2, 0) is 4.74 Å². The molecule has 2 bridgehead atoms. The normalized spacial score (nSPS) is 48.2. The minimum atomic E-state index is -0.344. The number of nitrogens with two attached hydrogens (primary N) is 1. The number of hydrogen-bond acceptors (Lipinski definition) is 3. The number of hydrogen-bond donors (Lipinski definition) is 1. The zero-order chi connectivity index (χ0) is 10.1. The molecule has 1 spiro atoms. The average molecular weight is 196 g/mol. The third-order valence-corrected chi connectivity index (χ3v) is 4.91. The summed E-state index contributed by atoms with van der Waals surface area (Å²) in [7, 11) is 0. The van der Waals surface area contributed by atoms with Gasteiger partial charge in [-0.25, -0.2) is 15.6 Å². The van der Waals surface area contributed by atoms with Crippen molar-refractivity contribution in [3.05, 3.63) is 0 Å². The maximum absolute atomic E-state index is 11.4. The number of carbonyl (C=O) groups is 1. The Labute approximate surface area is 83.4 Å². The standard InChI is InChI=1S/C10H16N2O2/c1-9(2)6-3-4-10(9)7(5-6)14-8(13)12(10)11/h6-7H,3-5,11H2,1-2H3/t6-,7-,10-/m1/s1. The second-order valence-corrected chi connectivity index (χ2v) is 5.36. The summed E-state index contributed by atoms with van der Waals surface area (Å²) in [5.74, 6) is 6.53. The molecule has 2 saturated carbocycles. The number of nitrogens with zero attached hydrogens (tertiary/aromatic N) is 1. The van der Waals surface area contributed by atoms with Crippen LogP contribution in [0, 0.1) is 11.3 Å². The summed E-state index contributed by atoms with van der Waals surface area (Å²) in [6, 6.07) is 0. The van der Waals surface area contributed by atoms with Crippen LogP contribution in [-0.4, -0.2) is 22.7 Å². The lowest BCUT2D eigenvalue weighted by atomic mass is 9.75. The van der Waals surface area contributed by atoms with Gasteiger partial charge in [0.05, 0.1) is 0 Å². The monoisotopic (exact) mass is 196 g/mol. The molecule has 0 aromatic heterocycles. The Bertz CT molecular complexity index is 315. The minimum absolute atomic E-state index is 0.0359. The SMILES string of the molecule is CC1(C)[C@@H]2CC[C@@]13[C@@H](C2)OC(=O)N3N. The molecular formula is C10H16N2O2. The van der Waals surface area contributed by atoms with Crippen LogP contribution in [0.5, 0.6) is 0 Å². The van der Waals surface area contributed by atoms with Crippen molar-refractivity contribution in [2.24, 2.45) is 17.2 Å². The smallest absolute Gasteiger partial charge is 0.425 e. The van der Waals surface area contributed by atoms with E-state index in [2.05, 4.69) is 13.8 Å².